The Balaban J connectivity index is 1.33. The van der Waals surface area contributed by atoms with Gasteiger partial charge in [0.1, 0.15) is 23.9 Å². The fourth-order valence-corrected chi connectivity index (χ4v) is 6.49. The number of hydrogen-bond acceptors (Lipinski definition) is 4. The van der Waals surface area contributed by atoms with Crippen LogP contribution < -0.4 is 10.2 Å². The third-order valence-electron chi connectivity index (χ3n) is 8.94. The van der Waals surface area contributed by atoms with Crippen molar-refractivity contribution in [2.45, 2.75) is 71.6 Å². The smallest absolute Gasteiger partial charge is 0.435 e. The minimum absolute atomic E-state index is 0.0221. The SMILES string of the molecule is Cc1cc(N(C)C(=O)N2CCC(Nc3cccc(F)c3)CC2)ccc1CN1CC[N+](C(=O)O)(C(C)(C)C)[C@@H](C)C1. The number of anilines is 2. The quantitative estimate of drug-likeness (QED) is 0.460. The molecule has 0 radical (unpaired) electrons. The van der Waals surface area contributed by atoms with Gasteiger partial charge in [0.05, 0.1) is 6.54 Å². The molecule has 9 heteroatoms. The molecule has 4 rings (SSSR count). The van der Waals surface area contributed by atoms with Crippen molar-refractivity contribution in [2.24, 2.45) is 0 Å². The Morgan fingerprint density at radius 1 is 1.12 bits per heavy atom. The lowest BCUT2D eigenvalue weighted by molar-refractivity contribution is -0.929. The summed E-state index contributed by atoms with van der Waals surface area (Å²) in [7, 11) is 1.82. The number of carbonyl (C=O) groups is 2. The standard InChI is InChI=1S/C31H44FN5O3/c1-22-18-28(11-10-24(22)21-35-16-17-37(30(39)40,23(2)20-35)31(3,4)5)34(6)29(38)36-14-12-26(13-15-36)33-27-9-7-8-25(32)19-27/h7-11,18-19,23,26,33H,12-17,20-21H2,1-6H3/p+1/t23-,37?/m0/s1. The van der Waals surface area contributed by atoms with Gasteiger partial charge in [0.25, 0.3) is 0 Å². The summed E-state index contributed by atoms with van der Waals surface area (Å²) in [5, 5.41) is 13.5. The van der Waals surface area contributed by atoms with Gasteiger partial charge in [-0.3, -0.25) is 9.80 Å². The molecule has 0 aliphatic carbocycles. The average Bonchev–Trinajstić information content (AvgIpc) is 2.88. The zero-order valence-corrected chi connectivity index (χ0v) is 24.8. The normalized spacial score (nSPS) is 22.7. The highest BCUT2D eigenvalue weighted by atomic mass is 19.1. The van der Waals surface area contributed by atoms with Crippen molar-refractivity contribution in [3.05, 3.63) is 59.4 Å². The van der Waals surface area contributed by atoms with Gasteiger partial charge in [0, 0.05) is 50.6 Å². The molecule has 2 aromatic carbocycles. The Labute approximate surface area is 237 Å². The van der Waals surface area contributed by atoms with Crippen LogP contribution in [0.3, 0.4) is 0 Å². The van der Waals surface area contributed by atoms with Gasteiger partial charge >= 0.3 is 12.1 Å². The molecule has 2 atom stereocenters. The number of nitrogens with one attached hydrogen (secondary N) is 1. The molecular formula is C31H45FN5O3+. The van der Waals surface area contributed by atoms with Crippen LogP contribution >= 0.6 is 0 Å². The van der Waals surface area contributed by atoms with E-state index in [4.69, 9.17) is 0 Å². The molecule has 0 saturated carbocycles. The van der Waals surface area contributed by atoms with E-state index in [1.807, 2.05) is 51.8 Å². The number of likely N-dealkylation sites (tertiary alicyclic amines) is 1. The van der Waals surface area contributed by atoms with Crippen LogP contribution in [0.2, 0.25) is 0 Å². The van der Waals surface area contributed by atoms with E-state index in [0.717, 1.165) is 42.9 Å². The van der Waals surface area contributed by atoms with Gasteiger partial charge in [0.15, 0.2) is 0 Å². The molecule has 2 heterocycles. The largest absolute Gasteiger partial charge is 0.514 e. The van der Waals surface area contributed by atoms with Crippen LogP contribution in [0.1, 0.15) is 51.7 Å². The van der Waals surface area contributed by atoms with Crippen LogP contribution in [0.15, 0.2) is 42.5 Å². The van der Waals surface area contributed by atoms with Gasteiger partial charge in [-0.1, -0.05) is 12.1 Å². The zero-order chi connectivity index (χ0) is 29.2. The summed E-state index contributed by atoms with van der Waals surface area (Å²) in [6, 6.07) is 12.8. The maximum atomic E-state index is 13.5. The Morgan fingerprint density at radius 2 is 1.82 bits per heavy atom. The van der Waals surface area contributed by atoms with Gasteiger partial charge in [0.2, 0.25) is 0 Å². The molecule has 2 aromatic rings. The predicted molar refractivity (Wildman–Crippen MR) is 157 cm³/mol. The number of aryl methyl sites for hydroxylation is 1. The first kappa shape index (κ1) is 29.8. The van der Waals surface area contributed by atoms with E-state index >= 15 is 0 Å². The van der Waals surface area contributed by atoms with Crippen molar-refractivity contribution >= 4 is 23.5 Å². The van der Waals surface area contributed by atoms with Gasteiger partial charge < -0.3 is 15.3 Å². The van der Waals surface area contributed by atoms with Gasteiger partial charge in [-0.05, 0) is 88.9 Å². The van der Waals surface area contributed by atoms with Gasteiger partial charge in [-0.2, -0.15) is 4.79 Å². The number of quaternary nitrogens is 1. The van der Waals surface area contributed by atoms with Crippen LogP contribution in [0, 0.1) is 12.7 Å². The lowest BCUT2D eigenvalue weighted by Crippen LogP contribution is -2.73. The first-order chi connectivity index (χ1) is 18.8. The van der Waals surface area contributed by atoms with E-state index in [9.17, 15) is 19.1 Å². The number of nitrogens with zero attached hydrogens (tertiary/aromatic N) is 4. The summed E-state index contributed by atoms with van der Waals surface area (Å²) >= 11 is 0. The molecule has 40 heavy (non-hydrogen) atoms. The number of urea groups is 1. The molecule has 2 aliphatic heterocycles. The number of halogens is 1. The van der Waals surface area contributed by atoms with E-state index in [1.165, 1.54) is 17.7 Å². The lowest BCUT2D eigenvalue weighted by Gasteiger charge is -2.52. The first-order valence-electron chi connectivity index (χ1n) is 14.3. The summed E-state index contributed by atoms with van der Waals surface area (Å²) in [5.74, 6) is -0.258. The summed E-state index contributed by atoms with van der Waals surface area (Å²) in [6.45, 7) is 14.2. The third-order valence-corrected chi connectivity index (χ3v) is 8.94. The van der Waals surface area contributed by atoms with Gasteiger partial charge in [-0.25, -0.2) is 13.7 Å². The van der Waals surface area contributed by atoms with Crippen molar-refractivity contribution in [3.8, 4) is 0 Å². The molecule has 2 fully saturated rings. The van der Waals surface area contributed by atoms with Crippen molar-refractivity contribution in [2.75, 3.05) is 50.0 Å². The number of amides is 3. The van der Waals surface area contributed by atoms with E-state index in [-0.39, 0.29) is 34.0 Å². The lowest BCUT2D eigenvalue weighted by atomic mass is 9.95. The van der Waals surface area contributed by atoms with Crippen LogP contribution in [0.4, 0.5) is 25.4 Å². The minimum Gasteiger partial charge on any atom is -0.435 e. The highest BCUT2D eigenvalue weighted by Crippen LogP contribution is 2.33. The van der Waals surface area contributed by atoms with E-state index in [2.05, 4.69) is 29.3 Å². The minimum atomic E-state index is -0.750. The van der Waals surface area contributed by atoms with Gasteiger partial charge in [-0.15, -0.1) is 0 Å². The van der Waals surface area contributed by atoms with Crippen molar-refractivity contribution in [1.29, 1.82) is 0 Å². The van der Waals surface area contributed by atoms with Crippen LogP contribution in [0.5, 0.6) is 0 Å². The summed E-state index contributed by atoms with van der Waals surface area (Å²) in [5.41, 5.74) is 3.55. The highest BCUT2D eigenvalue weighted by molar-refractivity contribution is 5.91. The monoisotopic (exact) mass is 554 g/mol. The molecule has 0 spiro atoms. The first-order valence-corrected chi connectivity index (χ1v) is 14.3. The number of rotatable bonds is 5. The molecule has 3 amide bonds. The summed E-state index contributed by atoms with van der Waals surface area (Å²) in [4.78, 5) is 31.5. The topological polar surface area (TPSA) is 76.1 Å². The molecule has 8 nitrogen and oxygen atoms in total. The Kier molecular flexibility index (Phi) is 8.75. The van der Waals surface area contributed by atoms with Crippen molar-refractivity contribution in [3.63, 3.8) is 0 Å². The molecule has 218 valence electrons. The molecule has 2 aliphatic rings. The van der Waals surface area contributed by atoms with E-state index in [0.29, 0.717) is 26.2 Å². The maximum absolute atomic E-state index is 13.5. The Morgan fingerprint density at radius 3 is 2.40 bits per heavy atom. The average molecular weight is 555 g/mol. The molecule has 2 N–H and O–H groups in total. The molecule has 0 aromatic heterocycles. The molecule has 2 saturated heterocycles. The molecule has 1 unspecified atom stereocenters. The highest BCUT2D eigenvalue weighted by Gasteiger charge is 2.54. The zero-order valence-electron chi connectivity index (χ0n) is 24.8. The molecular weight excluding hydrogens is 509 g/mol. The number of carbonyl (C=O) groups excluding carboxylic acids is 1. The fraction of sp³-hybridized carbons (Fsp3) is 0.548. The summed E-state index contributed by atoms with van der Waals surface area (Å²) in [6.07, 6.45) is 0.860. The second-order valence-corrected chi connectivity index (χ2v) is 12.5. The number of hydrogen-bond donors (Lipinski definition) is 2. The third kappa shape index (κ3) is 6.10. The van der Waals surface area contributed by atoms with Crippen molar-refractivity contribution in [1.82, 2.24) is 9.80 Å². The predicted octanol–water partition coefficient (Wildman–Crippen LogP) is 5.76. The molecule has 0 bridgehead atoms. The fourth-order valence-electron chi connectivity index (χ4n) is 6.49. The second-order valence-electron chi connectivity index (χ2n) is 12.5. The number of carboxylic acid groups (broad SMARTS) is 1. The Hall–Kier alpha value is -3.17. The Bertz CT molecular complexity index is 1220. The van der Waals surface area contributed by atoms with Crippen molar-refractivity contribution < 1.29 is 23.6 Å². The number of piperazine rings is 1. The van der Waals surface area contributed by atoms with E-state index in [1.54, 1.807) is 11.0 Å². The number of benzene rings is 2. The van der Waals surface area contributed by atoms with E-state index < -0.39 is 6.09 Å². The van der Waals surface area contributed by atoms with Crippen LogP contribution in [-0.4, -0.2) is 88.9 Å². The maximum Gasteiger partial charge on any atom is 0.514 e. The second kappa shape index (κ2) is 11.7. The van der Waals surface area contributed by atoms with Crippen LogP contribution in [-0.2, 0) is 6.54 Å². The number of piperidine rings is 1. The van der Waals surface area contributed by atoms with Crippen LogP contribution in [0.25, 0.3) is 0 Å². The summed E-state index contributed by atoms with van der Waals surface area (Å²) < 4.78 is 13.6.